The molecule has 3 aliphatic rings. The predicted octanol–water partition coefficient (Wildman–Crippen LogP) is 2.65. The molecule has 1 atom stereocenters. The van der Waals surface area contributed by atoms with Crippen LogP contribution in [0.25, 0.3) is 0 Å². The van der Waals surface area contributed by atoms with Gasteiger partial charge in [-0.05, 0) is 29.3 Å². The van der Waals surface area contributed by atoms with Crippen molar-refractivity contribution in [3.05, 3.63) is 76.0 Å². The van der Waals surface area contributed by atoms with E-state index in [9.17, 15) is 18.8 Å². The molecule has 6 rings (SSSR count). The first-order chi connectivity index (χ1) is 19.8. The van der Waals surface area contributed by atoms with Crippen LogP contribution in [0.5, 0.6) is 5.75 Å². The molecule has 3 aromatic rings. The van der Waals surface area contributed by atoms with E-state index < -0.39 is 29.0 Å². The van der Waals surface area contributed by atoms with Crippen molar-refractivity contribution in [1.82, 2.24) is 20.1 Å². The van der Waals surface area contributed by atoms with E-state index in [0.717, 1.165) is 43.4 Å². The van der Waals surface area contributed by atoms with Gasteiger partial charge < -0.3 is 14.5 Å². The van der Waals surface area contributed by atoms with E-state index in [1.54, 1.807) is 17.4 Å². The van der Waals surface area contributed by atoms with Crippen molar-refractivity contribution in [2.75, 3.05) is 44.7 Å². The lowest BCUT2D eigenvalue weighted by molar-refractivity contribution is -0.127. The highest BCUT2D eigenvalue weighted by molar-refractivity contribution is 7.13. The van der Waals surface area contributed by atoms with Crippen LogP contribution >= 0.6 is 11.3 Å². The summed E-state index contributed by atoms with van der Waals surface area (Å²) in [6.45, 7) is 4.57. The Kier molecular flexibility index (Phi) is 7.19. The highest BCUT2D eigenvalue weighted by Gasteiger charge is 2.49. The molecule has 3 aliphatic heterocycles. The summed E-state index contributed by atoms with van der Waals surface area (Å²) in [7, 11) is 1.33. The van der Waals surface area contributed by atoms with Crippen LogP contribution in [-0.2, 0) is 22.7 Å². The number of imide groups is 1. The number of anilines is 1. The molecule has 1 aromatic heterocycles. The number of nitrogens with one attached hydrogen (secondary N) is 1. The van der Waals surface area contributed by atoms with E-state index in [2.05, 4.69) is 31.9 Å². The van der Waals surface area contributed by atoms with Gasteiger partial charge in [-0.3, -0.25) is 24.6 Å². The second-order valence-corrected chi connectivity index (χ2v) is 11.3. The number of piperazine rings is 1. The summed E-state index contributed by atoms with van der Waals surface area (Å²) in [6.07, 6.45) is 1.66. The third kappa shape index (κ3) is 5.28. The van der Waals surface area contributed by atoms with Crippen molar-refractivity contribution in [2.45, 2.75) is 19.5 Å². The summed E-state index contributed by atoms with van der Waals surface area (Å²) in [6, 6.07) is 10.9. The predicted molar refractivity (Wildman–Crippen MR) is 151 cm³/mol. The monoisotopic (exact) mass is 573 g/mol. The number of methoxy groups -OCH3 is 1. The number of amides is 3. The van der Waals surface area contributed by atoms with Crippen molar-refractivity contribution < 1.29 is 23.5 Å². The molecule has 0 unspecified atom stereocenters. The lowest BCUT2D eigenvalue weighted by atomic mass is 9.85. The van der Waals surface area contributed by atoms with Gasteiger partial charge in [-0.15, -0.1) is 11.3 Å². The maximum atomic E-state index is 14.8. The van der Waals surface area contributed by atoms with E-state index in [0.29, 0.717) is 11.1 Å². The summed E-state index contributed by atoms with van der Waals surface area (Å²) in [5.41, 5.74) is 0.851. The molecular formula is C30H28FN5O4S. The minimum absolute atomic E-state index is 0.0244. The maximum Gasteiger partial charge on any atom is 0.257 e. The standard InChI is InChI=1S/C30H28FN5O4S/c1-40-23-7-6-22-18-36(27(38)25(22)26(23)31)19-30(16-24(37)33-28(30)39)9-8-20-2-4-21(5-3-20)17-34-11-13-35(14-12-34)29-32-10-15-41-29/h2-7,10,15H,11-14,16-19H2,1H3,(H,33,37,39)/t30-/m1/s1. The molecule has 2 fully saturated rings. The summed E-state index contributed by atoms with van der Waals surface area (Å²) in [5, 5.41) is 5.38. The molecule has 210 valence electrons. The summed E-state index contributed by atoms with van der Waals surface area (Å²) < 4.78 is 19.8. The molecule has 0 radical (unpaired) electrons. The quantitative estimate of drug-likeness (QED) is 0.358. The largest absolute Gasteiger partial charge is 0.494 e. The molecule has 0 spiro atoms. The second-order valence-electron chi connectivity index (χ2n) is 10.4. The van der Waals surface area contributed by atoms with Crippen LogP contribution in [0.1, 0.15) is 33.5 Å². The lowest BCUT2D eigenvalue weighted by Gasteiger charge is -2.34. The van der Waals surface area contributed by atoms with Gasteiger partial charge in [0.05, 0.1) is 19.1 Å². The number of benzene rings is 2. The molecule has 11 heteroatoms. The maximum absolute atomic E-state index is 14.8. The minimum atomic E-state index is -1.43. The fraction of sp³-hybridized carbons (Fsp3) is 0.333. The zero-order valence-corrected chi connectivity index (χ0v) is 23.3. The fourth-order valence-corrected chi connectivity index (χ4v) is 6.23. The smallest absolute Gasteiger partial charge is 0.257 e. The SMILES string of the molecule is COc1ccc2c(c1F)C(=O)N(C[C@@]1(C#Cc3ccc(CN4CCN(c5nccs5)CC4)cc3)CC(=O)NC1=O)C2. The summed E-state index contributed by atoms with van der Waals surface area (Å²) >= 11 is 1.66. The van der Waals surface area contributed by atoms with Crippen molar-refractivity contribution in [3.8, 4) is 17.6 Å². The Labute approximate surface area is 240 Å². The fourth-order valence-electron chi connectivity index (χ4n) is 5.53. The third-order valence-electron chi connectivity index (χ3n) is 7.75. The number of ether oxygens (including phenoxy) is 1. The van der Waals surface area contributed by atoms with Crippen LogP contribution in [0.15, 0.2) is 48.0 Å². The first kappa shape index (κ1) is 26.9. The average molecular weight is 574 g/mol. The van der Waals surface area contributed by atoms with Gasteiger partial charge in [0.15, 0.2) is 16.7 Å². The van der Waals surface area contributed by atoms with E-state index in [1.165, 1.54) is 18.1 Å². The Bertz CT molecular complexity index is 1560. The van der Waals surface area contributed by atoms with Crippen molar-refractivity contribution in [1.29, 1.82) is 0 Å². The number of carbonyl (C=O) groups excluding carboxylic acids is 3. The minimum Gasteiger partial charge on any atom is -0.494 e. The number of hydrogen-bond donors (Lipinski definition) is 1. The molecule has 0 aliphatic carbocycles. The van der Waals surface area contributed by atoms with Crippen LogP contribution in [0.3, 0.4) is 0 Å². The first-order valence-electron chi connectivity index (χ1n) is 13.3. The third-order valence-corrected chi connectivity index (χ3v) is 8.59. The van der Waals surface area contributed by atoms with Gasteiger partial charge in [-0.2, -0.15) is 0 Å². The number of hydrogen-bond acceptors (Lipinski definition) is 8. The molecule has 0 saturated carbocycles. The zero-order chi connectivity index (χ0) is 28.6. The van der Waals surface area contributed by atoms with Gasteiger partial charge in [0.2, 0.25) is 11.8 Å². The van der Waals surface area contributed by atoms with Crippen molar-refractivity contribution in [2.24, 2.45) is 5.41 Å². The number of halogens is 1. The Morgan fingerprint density at radius 3 is 2.54 bits per heavy atom. The molecule has 1 N–H and O–H groups in total. The molecule has 3 amide bonds. The molecule has 4 heterocycles. The van der Waals surface area contributed by atoms with Gasteiger partial charge in [-0.25, -0.2) is 9.37 Å². The molecule has 2 saturated heterocycles. The number of nitrogens with zero attached hydrogens (tertiary/aromatic N) is 4. The van der Waals surface area contributed by atoms with Crippen molar-refractivity contribution in [3.63, 3.8) is 0 Å². The van der Waals surface area contributed by atoms with Gasteiger partial charge in [0.25, 0.3) is 5.91 Å². The van der Waals surface area contributed by atoms with Crippen LogP contribution in [0.2, 0.25) is 0 Å². The highest BCUT2D eigenvalue weighted by atomic mass is 32.1. The van der Waals surface area contributed by atoms with Gasteiger partial charge in [0, 0.05) is 63.0 Å². The number of aromatic nitrogens is 1. The van der Waals surface area contributed by atoms with E-state index in [4.69, 9.17) is 4.74 Å². The van der Waals surface area contributed by atoms with E-state index >= 15 is 0 Å². The topological polar surface area (TPSA) is 95.1 Å². The molecule has 0 bridgehead atoms. The Morgan fingerprint density at radius 2 is 1.88 bits per heavy atom. The Balaban J connectivity index is 1.14. The van der Waals surface area contributed by atoms with Crippen LogP contribution in [0.4, 0.5) is 9.52 Å². The zero-order valence-electron chi connectivity index (χ0n) is 22.5. The summed E-state index contributed by atoms with van der Waals surface area (Å²) in [5.74, 6) is 3.74. The van der Waals surface area contributed by atoms with Gasteiger partial charge >= 0.3 is 0 Å². The molecule has 9 nitrogen and oxygen atoms in total. The summed E-state index contributed by atoms with van der Waals surface area (Å²) in [4.78, 5) is 48.8. The van der Waals surface area contributed by atoms with Crippen LogP contribution in [-0.4, -0.2) is 72.3 Å². The lowest BCUT2D eigenvalue weighted by Crippen LogP contribution is -2.45. The van der Waals surface area contributed by atoms with Gasteiger partial charge in [-0.1, -0.05) is 30.0 Å². The molecule has 2 aromatic carbocycles. The number of carbonyl (C=O) groups is 3. The van der Waals surface area contributed by atoms with E-state index in [1.807, 2.05) is 35.8 Å². The van der Waals surface area contributed by atoms with Gasteiger partial charge in [0.1, 0.15) is 5.41 Å². The molecule has 41 heavy (non-hydrogen) atoms. The first-order valence-corrected chi connectivity index (χ1v) is 14.2. The highest BCUT2D eigenvalue weighted by Crippen LogP contribution is 2.35. The second kappa shape index (κ2) is 11.0. The van der Waals surface area contributed by atoms with Crippen LogP contribution < -0.4 is 15.0 Å². The average Bonchev–Trinajstić information content (AvgIpc) is 3.68. The normalized spacial score (nSPS) is 20.6. The Hall–Kier alpha value is -4.27. The van der Waals surface area contributed by atoms with E-state index in [-0.39, 0.29) is 30.8 Å². The van der Waals surface area contributed by atoms with Crippen LogP contribution in [0, 0.1) is 23.1 Å². The number of thiazole rings is 1. The molecular weight excluding hydrogens is 545 g/mol. The number of fused-ring (bicyclic) bond motifs is 1. The van der Waals surface area contributed by atoms with Crippen molar-refractivity contribution >= 4 is 34.2 Å². The Morgan fingerprint density at radius 1 is 1.10 bits per heavy atom. The number of rotatable bonds is 6.